The third-order valence-corrected chi connectivity index (χ3v) is 21.0. The van der Waals surface area contributed by atoms with Gasteiger partial charge in [-0.25, -0.2) is 0 Å². The Morgan fingerprint density at radius 1 is 0.216 bits per heavy atom. The molecule has 0 heterocycles. The highest BCUT2D eigenvalue weighted by Gasteiger charge is 2.71. The average molecular weight is 696 g/mol. The second kappa shape index (κ2) is 14.5. The lowest BCUT2D eigenvalue weighted by Gasteiger charge is -2.58. The second-order valence-electron chi connectivity index (χ2n) is 22.5. The quantitative estimate of drug-likeness (QED) is 0.277. The van der Waals surface area contributed by atoms with E-state index in [4.69, 9.17) is 0 Å². The molecule has 0 bridgehead atoms. The highest BCUT2D eigenvalue weighted by atomic mass is 15.2. The Morgan fingerprint density at radius 2 is 0.569 bits per heavy atom. The van der Waals surface area contributed by atoms with E-state index >= 15 is 0 Å². The Morgan fingerprint density at radius 3 is 1.06 bits per heavy atom. The van der Waals surface area contributed by atoms with E-state index < -0.39 is 0 Å². The summed E-state index contributed by atoms with van der Waals surface area (Å²) in [5.41, 5.74) is 0. The van der Waals surface area contributed by atoms with Gasteiger partial charge in [-0.05, 0) is 159 Å². The molecule has 0 aromatic rings. The van der Waals surface area contributed by atoms with E-state index in [0.717, 1.165) is 107 Å². The molecule has 1 nitrogen and oxygen atoms in total. The van der Waals surface area contributed by atoms with Crippen LogP contribution in [0, 0.1) is 94.7 Å². The van der Waals surface area contributed by atoms with Gasteiger partial charge in [0.15, 0.2) is 0 Å². The van der Waals surface area contributed by atoms with Crippen molar-refractivity contribution >= 4 is 0 Å². The molecule has 0 saturated heterocycles. The van der Waals surface area contributed by atoms with Gasteiger partial charge < -0.3 is 0 Å². The van der Waals surface area contributed by atoms with Crippen molar-refractivity contribution < 1.29 is 0 Å². The van der Waals surface area contributed by atoms with Gasteiger partial charge in [-0.15, -0.1) is 0 Å². The summed E-state index contributed by atoms with van der Waals surface area (Å²) in [5.74, 6) is 18.2. The molecule has 0 amide bonds. The number of hydrogen-bond acceptors (Lipinski definition) is 1. The van der Waals surface area contributed by atoms with E-state index in [2.05, 4.69) is 4.90 Å². The molecule has 0 N–H and O–H groups in total. The van der Waals surface area contributed by atoms with E-state index in [1.807, 2.05) is 0 Å². The van der Waals surface area contributed by atoms with Gasteiger partial charge in [0.1, 0.15) is 0 Å². The predicted octanol–water partition coefficient (Wildman–Crippen LogP) is 13.5. The van der Waals surface area contributed by atoms with Crippen LogP contribution in [0.4, 0.5) is 0 Å². The van der Waals surface area contributed by atoms with Gasteiger partial charge in [0.2, 0.25) is 0 Å². The summed E-state index contributed by atoms with van der Waals surface area (Å²) in [5, 5.41) is 0. The van der Waals surface area contributed by atoms with Crippen LogP contribution in [0.2, 0.25) is 0 Å². The van der Waals surface area contributed by atoms with Gasteiger partial charge in [0.25, 0.3) is 0 Å². The van der Waals surface area contributed by atoms with Crippen LogP contribution in [0.3, 0.4) is 0 Å². The summed E-state index contributed by atoms with van der Waals surface area (Å²) < 4.78 is 0. The topological polar surface area (TPSA) is 3.24 Å². The molecule has 11 aliphatic rings. The lowest BCUT2D eigenvalue weighted by Crippen LogP contribution is -2.57. The normalized spacial score (nSPS) is 51.1. The Bertz CT molecular complexity index is 1100. The molecule has 0 aromatic heterocycles. The van der Waals surface area contributed by atoms with Crippen LogP contribution in [-0.2, 0) is 0 Å². The molecule has 286 valence electrons. The monoisotopic (exact) mass is 696 g/mol. The minimum atomic E-state index is 0.944. The van der Waals surface area contributed by atoms with Gasteiger partial charge in [-0.2, -0.15) is 0 Å². The Balaban J connectivity index is 1.01. The fourth-order valence-electron chi connectivity index (χ4n) is 20.2. The summed E-state index contributed by atoms with van der Waals surface area (Å²) >= 11 is 0. The number of fused-ring (bicyclic) bond motifs is 6. The molecule has 15 atom stereocenters. The number of nitrogens with zero attached hydrogens (tertiary/aromatic N) is 1. The molecule has 11 aliphatic carbocycles. The van der Waals surface area contributed by atoms with E-state index in [9.17, 15) is 0 Å². The van der Waals surface area contributed by atoms with Crippen LogP contribution in [0.5, 0.6) is 0 Å². The largest absolute Gasteiger partial charge is 0.294 e. The number of rotatable bonds is 5. The molecule has 0 radical (unpaired) electrons. The first-order chi connectivity index (χ1) is 25.4. The maximum atomic E-state index is 3.42. The molecule has 11 fully saturated rings. The van der Waals surface area contributed by atoms with Crippen LogP contribution < -0.4 is 0 Å². The van der Waals surface area contributed by atoms with E-state index in [0.29, 0.717) is 0 Å². The zero-order valence-electron chi connectivity index (χ0n) is 33.3. The average Bonchev–Trinajstić information content (AvgIpc) is 3.71. The summed E-state index contributed by atoms with van der Waals surface area (Å²) in [4.78, 5) is 3.42. The third-order valence-electron chi connectivity index (χ3n) is 21.0. The molecular weight excluding hydrogens is 615 g/mol. The van der Waals surface area contributed by atoms with Gasteiger partial charge in [0, 0.05) is 18.1 Å². The van der Waals surface area contributed by atoms with Crippen molar-refractivity contribution in [1.82, 2.24) is 4.90 Å². The summed E-state index contributed by atoms with van der Waals surface area (Å²) in [7, 11) is 0. The van der Waals surface area contributed by atoms with Gasteiger partial charge in [0.05, 0.1) is 0 Å². The van der Waals surface area contributed by atoms with Crippen LogP contribution >= 0.6 is 0 Å². The Labute approximate surface area is 315 Å². The molecule has 0 aliphatic heterocycles. The molecule has 0 aromatic carbocycles. The zero-order chi connectivity index (χ0) is 33.5. The minimum absolute atomic E-state index is 0.944. The molecule has 51 heavy (non-hydrogen) atoms. The van der Waals surface area contributed by atoms with Crippen molar-refractivity contribution in [2.24, 2.45) is 94.7 Å². The van der Waals surface area contributed by atoms with Crippen molar-refractivity contribution in [2.75, 3.05) is 0 Å². The maximum Gasteiger partial charge on any atom is 0.0132 e. The molecule has 0 spiro atoms. The van der Waals surface area contributed by atoms with E-state index in [-0.39, 0.29) is 0 Å². The summed E-state index contributed by atoms with van der Waals surface area (Å²) in [6, 6.07) is 2.85. The predicted molar refractivity (Wildman–Crippen MR) is 212 cm³/mol. The van der Waals surface area contributed by atoms with Gasteiger partial charge in [-0.3, -0.25) is 4.90 Å². The first-order valence-corrected chi connectivity index (χ1v) is 25.1. The van der Waals surface area contributed by atoms with E-state index in [1.54, 1.807) is 161 Å². The smallest absolute Gasteiger partial charge is 0.0132 e. The molecule has 15 unspecified atom stereocenters. The Kier molecular flexibility index (Phi) is 9.71. The first-order valence-electron chi connectivity index (χ1n) is 25.1. The second-order valence-corrected chi connectivity index (χ2v) is 22.5. The fourth-order valence-corrected chi connectivity index (χ4v) is 20.2. The molecular formula is C50H81N. The SMILES string of the molecule is C1CCC(C2C3C4CCCC5CCCC(C54)C3C(C3CCCCC3)C3C4CCC(N(C5CCCCC5)C5CCCCC5)C5CCCC(C45)C23)CC1. The van der Waals surface area contributed by atoms with Crippen LogP contribution in [0.1, 0.15) is 199 Å². The third kappa shape index (κ3) is 5.62. The first kappa shape index (κ1) is 34.2. The van der Waals surface area contributed by atoms with Crippen molar-refractivity contribution in [2.45, 2.75) is 217 Å². The standard InChI is InChI=1S/C50H81N/c1-5-16-33(17-6-1)44-47-38-27-13-20-32-21-14-28-39(43(32)38)48(47)45(34-18-7-2-8-19-34)50-41-30-31-42(37-26-15-29-40(46(37)41)49(44)50)51(35-22-9-3-10-23-35)36-24-11-4-12-25-36/h32-50H,1-31H2. The van der Waals surface area contributed by atoms with Crippen molar-refractivity contribution in [1.29, 1.82) is 0 Å². The molecule has 11 saturated carbocycles. The van der Waals surface area contributed by atoms with Crippen LogP contribution in [0.15, 0.2) is 0 Å². The lowest BCUT2D eigenvalue weighted by molar-refractivity contribution is -0.102. The number of hydrogen-bond donors (Lipinski definition) is 0. The van der Waals surface area contributed by atoms with Crippen LogP contribution in [-0.4, -0.2) is 23.0 Å². The lowest BCUT2D eigenvalue weighted by atomic mass is 9.47. The molecule has 1 heteroatoms. The maximum absolute atomic E-state index is 3.42. The molecule has 11 rings (SSSR count). The van der Waals surface area contributed by atoms with Crippen LogP contribution in [0.25, 0.3) is 0 Å². The summed E-state index contributed by atoms with van der Waals surface area (Å²) in [6.07, 6.45) is 49.4. The van der Waals surface area contributed by atoms with Crippen molar-refractivity contribution in [3.05, 3.63) is 0 Å². The van der Waals surface area contributed by atoms with Gasteiger partial charge in [-0.1, -0.05) is 135 Å². The Hall–Kier alpha value is -0.0400. The zero-order valence-corrected chi connectivity index (χ0v) is 33.3. The highest BCUT2D eigenvalue weighted by Crippen LogP contribution is 2.76. The van der Waals surface area contributed by atoms with Crippen molar-refractivity contribution in [3.63, 3.8) is 0 Å². The van der Waals surface area contributed by atoms with E-state index in [1.165, 1.54) is 44.4 Å². The fraction of sp³-hybridized carbons (Fsp3) is 1.00. The van der Waals surface area contributed by atoms with Crippen molar-refractivity contribution in [3.8, 4) is 0 Å². The van der Waals surface area contributed by atoms with Gasteiger partial charge >= 0.3 is 0 Å². The summed E-state index contributed by atoms with van der Waals surface area (Å²) in [6.45, 7) is 0. The minimum Gasteiger partial charge on any atom is -0.294 e. The highest BCUT2D eigenvalue weighted by molar-refractivity contribution is 5.19.